The van der Waals surface area contributed by atoms with Crippen molar-refractivity contribution in [3.8, 4) is 11.8 Å². The molecule has 0 radical (unpaired) electrons. The highest BCUT2D eigenvalue weighted by atomic mass is 14.1. The summed E-state index contributed by atoms with van der Waals surface area (Å²) < 4.78 is 0. The summed E-state index contributed by atoms with van der Waals surface area (Å²) in [5.74, 6) is 6.35. The summed E-state index contributed by atoms with van der Waals surface area (Å²) in [5, 5.41) is 0. The van der Waals surface area contributed by atoms with E-state index in [0.717, 1.165) is 18.4 Å². The first-order chi connectivity index (χ1) is 7.14. The van der Waals surface area contributed by atoms with Crippen molar-refractivity contribution in [2.45, 2.75) is 26.7 Å². The first-order valence-corrected chi connectivity index (χ1v) is 5.31. The van der Waals surface area contributed by atoms with Gasteiger partial charge >= 0.3 is 0 Å². The first kappa shape index (κ1) is 11.6. The van der Waals surface area contributed by atoms with E-state index in [1.165, 1.54) is 0 Å². The summed E-state index contributed by atoms with van der Waals surface area (Å²) in [6, 6.07) is 10.1. The second-order valence-corrected chi connectivity index (χ2v) is 4.36. The Balaban J connectivity index is 2.45. The summed E-state index contributed by atoms with van der Waals surface area (Å²) in [6.45, 7) is 8.19. The molecule has 0 saturated carbocycles. The molecule has 0 aliphatic carbocycles. The number of allylic oxidation sites excluding steroid dienone is 1. The predicted octanol–water partition coefficient (Wildman–Crippen LogP) is 4.03. The van der Waals surface area contributed by atoms with E-state index < -0.39 is 0 Å². The average molecular weight is 198 g/mol. The van der Waals surface area contributed by atoms with Crippen molar-refractivity contribution in [2.24, 2.45) is 5.41 Å². The van der Waals surface area contributed by atoms with Gasteiger partial charge in [-0.1, -0.05) is 50.0 Å². The Hall–Kier alpha value is -1.48. The van der Waals surface area contributed by atoms with Crippen LogP contribution in [-0.2, 0) is 0 Å². The third kappa shape index (κ3) is 4.51. The molecule has 1 rings (SSSR count). The van der Waals surface area contributed by atoms with E-state index >= 15 is 0 Å². The van der Waals surface area contributed by atoms with Crippen LogP contribution in [0.25, 0.3) is 0 Å². The van der Waals surface area contributed by atoms with Crippen molar-refractivity contribution in [1.29, 1.82) is 0 Å². The van der Waals surface area contributed by atoms with Crippen molar-refractivity contribution in [1.82, 2.24) is 0 Å². The van der Waals surface area contributed by atoms with Gasteiger partial charge in [-0.25, -0.2) is 0 Å². The lowest BCUT2D eigenvalue weighted by Crippen LogP contribution is -2.05. The highest BCUT2D eigenvalue weighted by Gasteiger charge is 2.10. The van der Waals surface area contributed by atoms with E-state index in [0.29, 0.717) is 0 Å². The van der Waals surface area contributed by atoms with Crippen molar-refractivity contribution in [2.75, 3.05) is 0 Å². The van der Waals surface area contributed by atoms with E-state index in [2.05, 4.69) is 32.3 Å². The molecule has 0 heterocycles. The molecule has 78 valence electrons. The molecule has 0 unspecified atom stereocenters. The van der Waals surface area contributed by atoms with E-state index in [4.69, 9.17) is 0 Å². The molecular weight excluding hydrogens is 180 g/mol. The van der Waals surface area contributed by atoms with Crippen LogP contribution in [0.5, 0.6) is 0 Å². The van der Waals surface area contributed by atoms with E-state index in [-0.39, 0.29) is 5.41 Å². The molecule has 0 atom stereocenters. The minimum atomic E-state index is 0.200. The van der Waals surface area contributed by atoms with E-state index in [1.807, 2.05) is 36.4 Å². The number of hydrogen-bond donors (Lipinski definition) is 0. The molecule has 0 heteroatoms. The van der Waals surface area contributed by atoms with Gasteiger partial charge in [0.2, 0.25) is 0 Å². The summed E-state index contributed by atoms with van der Waals surface area (Å²) in [6.07, 6.45) is 3.99. The molecule has 1 aromatic rings. The monoisotopic (exact) mass is 198 g/mol. The van der Waals surface area contributed by atoms with Gasteiger partial charge in [-0.05, 0) is 24.0 Å². The summed E-state index contributed by atoms with van der Waals surface area (Å²) in [5.41, 5.74) is 1.29. The van der Waals surface area contributed by atoms with Crippen LogP contribution in [0.1, 0.15) is 32.3 Å². The molecular formula is C15H18. The zero-order valence-electron chi connectivity index (χ0n) is 9.59. The number of hydrogen-bond acceptors (Lipinski definition) is 0. The quantitative estimate of drug-likeness (QED) is 0.508. The number of rotatable bonds is 3. The fraction of sp³-hybridized carbons (Fsp3) is 0.333. The molecule has 0 nitrogen and oxygen atoms in total. The minimum Gasteiger partial charge on any atom is -0.103 e. The van der Waals surface area contributed by atoms with Crippen LogP contribution in [0.2, 0.25) is 0 Å². The van der Waals surface area contributed by atoms with Gasteiger partial charge in [0.25, 0.3) is 0 Å². The van der Waals surface area contributed by atoms with Gasteiger partial charge in [0.05, 0.1) is 0 Å². The van der Waals surface area contributed by atoms with Crippen LogP contribution in [0, 0.1) is 17.3 Å². The largest absolute Gasteiger partial charge is 0.103 e. The standard InChI is InChI=1S/C15H18/c1-4-15(2,3)13-9-8-12-14-10-6-5-7-11-14/h4-7,10-11H,1,9,13H2,2-3H3. The molecule has 15 heavy (non-hydrogen) atoms. The fourth-order valence-electron chi connectivity index (χ4n) is 1.17. The van der Waals surface area contributed by atoms with Crippen LogP contribution >= 0.6 is 0 Å². The lowest BCUT2D eigenvalue weighted by molar-refractivity contribution is 0.446. The maximum atomic E-state index is 3.82. The second kappa shape index (κ2) is 5.41. The molecule has 0 aromatic heterocycles. The van der Waals surface area contributed by atoms with Crippen LogP contribution in [0.4, 0.5) is 0 Å². The maximum Gasteiger partial charge on any atom is 0.0245 e. The highest BCUT2D eigenvalue weighted by Crippen LogP contribution is 2.22. The highest BCUT2D eigenvalue weighted by molar-refractivity contribution is 5.33. The second-order valence-electron chi connectivity index (χ2n) is 4.36. The zero-order chi connectivity index (χ0) is 11.1. The van der Waals surface area contributed by atoms with Crippen LogP contribution in [0.15, 0.2) is 43.0 Å². The van der Waals surface area contributed by atoms with E-state index in [1.54, 1.807) is 0 Å². The van der Waals surface area contributed by atoms with Gasteiger partial charge < -0.3 is 0 Å². The Bertz CT molecular complexity index is 360. The Morgan fingerprint density at radius 2 is 1.93 bits per heavy atom. The Kier molecular flexibility index (Phi) is 4.18. The van der Waals surface area contributed by atoms with Gasteiger partial charge in [0.15, 0.2) is 0 Å². The van der Waals surface area contributed by atoms with Crippen molar-refractivity contribution in [3.63, 3.8) is 0 Å². The molecule has 0 aliphatic rings. The molecule has 0 amide bonds. The lowest BCUT2D eigenvalue weighted by Gasteiger charge is -2.17. The van der Waals surface area contributed by atoms with Gasteiger partial charge in [-0.15, -0.1) is 6.58 Å². The summed E-state index contributed by atoms with van der Waals surface area (Å²) >= 11 is 0. The van der Waals surface area contributed by atoms with Gasteiger partial charge in [0, 0.05) is 12.0 Å². The summed E-state index contributed by atoms with van der Waals surface area (Å²) in [7, 11) is 0. The lowest BCUT2D eigenvalue weighted by atomic mass is 9.88. The van der Waals surface area contributed by atoms with E-state index in [9.17, 15) is 0 Å². The molecule has 0 aliphatic heterocycles. The minimum absolute atomic E-state index is 0.200. The van der Waals surface area contributed by atoms with Gasteiger partial charge in [0.1, 0.15) is 0 Å². The molecule has 0 spiro atoms. The third-order valence-electron chi connectivity index (χ3n) is 2.45. The molecule has 0 N–H and O–H groups in total. The number of benzene rings is 1. The Labute approximate surface area is 93.0 Å². The maximum absolute atomic E-state index is 3.82. The Morgan fingerprint density at radius 1 is 1.27 bits per heavy atom. The van der Waals surface area contributed by atoms with Crippen molar-refractivity contribution >= 4 is 0 Å². The van der Waals surface area contributed by atoms with Crippen LogP contribution in [0.3, 0.4) is 0 Å². The zero-order valence-corrected chi connectivity index (χ0v) is 9.59. The Morgan fingerprint density at radius 3 is 2.53 bits per heavy atom. The van der Waals surface area contributed by atoms with Crippen LogP contribution < -0.4 is 0 Å². The van der Waals surface area contributed by atoms with Crippen molar-refractivity contribution in [3.05, 3.63) is 48.6 Å². The molecule has 1 aromatic carbocycles. The van der Waals surface area contributed by atoms with Gasteiger partial charge in [-0.2, -0.15) is 0 Å². The fourth-order valence-corrected chi connectivity index (χ4v) is 1.17. The molecule has 0 bridgehead atoms. The smallest absolute Gasteiger partial charge is 0.0245 e. The topological polar surface area (TPSA) is 0 Å². The average Bonchev–Trinajstić information content (AvgIpc) is 2.26. The van der Waals surface area contributed by atoms with Crippen LogP contribution in [-0.4, -0.2) is 0 Å². The third-order valence-corrected chi connectivity index (χ3v) is 2.45. The normalized spacial score (nSPS) is 10.3. The first-order valence-electron chi connectivity index (χ1n) is 5.31. The summed E-state index contributed by atoms with van der Waals surface area (Å²) in [4.78, 5) is 0. The predicted molar refractivity (Wildman–Crippen MR) is 66.5 cm³/mol. The van der Waals surface area contributed by atoms with Crippen molar-refractivity contribution < 1.29 is 0 Å². The SMILES string of the molecule is C=CC(C)(C)CCC#Cc1ccccc1. The molecule has 0 saturated heterocycles. The molecule has 0 fully saturated rings. The van der Waals surface area contributed by atoms with Gasteiger partial charge in [-0.3, -0.25) is 0 Å².